The number of H-pyrrole nitrogens is 1. The van der Waals surface area contributed by atoms with E-state index in [4.69, 9.17) is 17.0 Å². The van der Waals surface area contributed by atoms with E-state index in [-0.39, 0.29) is 61.6 Å². The number of rotatable bonds is 9. The van der Waals surface area contributed by atoms with Crippen molar-refractivity contribution in [2.75, 3.05) is 12.9 Å². The van der Waals surface area contributed by atoms with Gasteiger partial charge in [0.25, 0.3) is 11.8 Å². The highest BCUT2D eigenvalue weighted by Gasteiger charge is 2.55. The molecule has 47 heavy (non-hydrogen) atoms. The lowest BCUT2D eigenvalue weighted by atomic mass is 9.99. The SMILES string of the molecule is COc1cnc2c(=O)c(C(=O)NC(C(=O)NC3C(=O)N4C(C(=O)O)=C(C(=S)c5nnnn5C)CS[C@@H]34)c3ccc(O)cc3)c[nH]c2n1. The number of hydrogen-bond acceptors (Lipinski definition) is 14. The number of nitrogens with one attached hydrogen (secondary N) is 3. The maximum atomic E-state index is 13.7. The van der Waals surface area contributed by atoms with E-state index in [1.165, 1.54) is 61.1 Å². The van der Waals surface area contributed by atoms with Crippen molar-refractivity contribution in [3.8, 4) is 11.6 Å². The molecule has 2 aliphatic rings. The smallest absolute Gasteiger partial charge is 0.353 e. The number of aromatic nitrogens is 7. The van der Waals surface area contributed by atoms with Gasteiger partial charge in [0.1, 0.15) is 34.5 Å². The summed E-state index contributed by atoms with van der Waals surface area (Å²) >= 11 is 6.62. The molecule has 0 spiro atoms. The van der Waals surface area contributed by atoms with Crippen LogP contribution in [0.5, 0.6) is 11.6 Å². The van der Waals surface area contributed by atoms with Crippen LogP contribution in [0.4, 0.5) is 0 Å². The number of pyridine rings is 1. The van der Waals surface area contributed by atoms with Crippen LogP contribution >= 0.6 is 24.0 Å². The number of tetrazole rings is 1. The van der Waals surface area contributed by atoms with Crippen molar-refractivity contribution in [1.82, 2.24) is 50.7 Å². The second-order valence-corrected chi connectivity index (χ2v) is 11.6. The summed E-state index contributed by atoms with van der Waals surface area (Å²) in [5.41, 5.74) is -1.18. The highest BCUT2D eigenvalue weighted by atomic mass is 32.2. The second-order valence-electron chi connectivity index (χ2n) is 10.1. The summed E-state index contributed by atoms with van der Waals surface area (Å²) in [6.07, 6.45) is 2.33. The van der Waals surface area contributed by atoms with Crippen molar-refractivity contribution in [1.29, 1.82) is 0 Å². The Balaban J connectivity index is 1.26. The molecule has 5 N–H and O–H groups in total. The van der Waals surface area contributed by atoms with Gasteiger partial charge in [-0.2, -0.15) is 4.98 Å². The quantitative estimate of drug-likeness (QED) is 0.0825. The Morgan fingerprint density at radius 3 is 2.62 bits per heavy atom. The molecule has 1 aromatic carbocycles. The molecule has 5 heterocycles. The number of aliphatic carboxylic acids is 1. The van der Waals surface area contributed by atoms with E-state index in [2.05, 4.69) is 41.1 Å². The van der Waals surface area contributed by atoms with E-state index >= 15 is 0 Å². The van der Waals surface area contributed by atoms with E-state index in [0.29, 0.717) is 0 Å². The molecule has 1 saturated heterocycles. The van der Waals surface area contributed by atoms with Crippen molar-refractivity contribution in [3.05, 3.63) is 75.1 Å². The number of carbonyl (C=O) groups excluding carboxylic acids is 3. The van der Waals surface area contributed by atoms with Crippen LogP contribution in [0.2, 0.25) is 0 Å². The number of aromatic hydroxyl groups is 1. The predicted octanol–water partition coefficient (Wildman–Crippen LogP) is -0.816. The molecule has 1 fully saturated rings. The fraction of sp³-hybridized carbons (Fsp3) is 0.222. The number of thiocarbonyl (C=S) groups is 1. The number of carbonyl (C=O) groups is 4. The van der Waals surface area contributed by atoms with Gasteiger partial charge < -0.3 is 30.6 Å². The zero-order valence-corrected chi connectivity index (χ0v) is 25.8. The zero-order valence-electron chi connectivity index (χ0n) is 24.2. The van der Waals surface area contributed by atoms with Crippen molar-refractivity contribution < 1.29 is 34.1 Å². The summed E-state index contributed by atoms with van der Waals surface area (Å²) in [6, 6.07) is 2.73. The molecule has 3 amide bonds. The maximum Gasteiger partial charge on any atom is 0.353 e. The molecule has 0 bridgehead atoms. The fourth-order valence-electron chi connectivity index (χ4n) is 5.00. The Bertz CT molecular complexity index is 2080. The number of nitrogens with zero attached hydrogens (tertiary/aromatic N) is 7. The molecule has 3 aromatic heterocycles. The number of ether oxygens (including phenoxy) is 1. The summed E-state index contributed by atoms with van der Waals surface area (Å²) in [5.74, 6) is -3.65. The second kappa shape index (κ2) is 12.2. The third-order valence-electron chi connectivity index (χ3n) is 7.35. The fourth-order valence-corrected chi connectivity index (χ4v) is 6.79. The van der Waals surface area contributed by atoms with Crippen LogP contribution in [-0.2, 0) is 21.4 Å². The molecule has 6 rings (SSSR count). The topological polar surface area (TPSA) is 248 Å². The van der Waals surface area contributed by atoms with Gasteiger partial charge >= 0.3 is 5.97 Å². The Kier molecular flexibility index (Phi) is 8.11. The normalized spacial score (nSPS) is 17.8. The standard InChI is InChI=1S/C27H22N10O8S2/c1-36-22(33-34-35-36)20(46)13-9-47-26-17(25(42)37(26)18(13)27(43)44)32-24(41)15(10-3-5-11(38)6-4-10)31-23(40)12-7-29-21-16(19(12)39)28-8-14(30-21)45-2/h3-8,15,17,26,38H,9H2,1-2H3,(H,31,40)(H,32,41)(H,43,44)(H,29,30,39)/t15?,17?,26-/m0/s1. The minimum absolute atomic E-state index is 0.0602. The van der Waals surface area contributed by atoms with Gasteiger partial charge in [-0.15, -0.1) is 16.9 Å². The van der Waals surface area contributed by atoms with Crippen molar-refractivity contribution in [2.45, 2.75) is 17.5 Å². The third-order valence-corrected chi connectivity index (χ3v) is 9.06. The van der Waals surface area contributed by atoms with Gasteiger partial charge in [-0.3, -0.25) is 24.1 Å². The van der Waals surface area contributed by atoms with E-state index in [0.717, 1.165) is 11.1 Å². The van der Waals surface area contributed by atoms with Crippen LogP contribution in [0, 0.1) is 0 Å². The minimum Gasteiger partial charge on any atom is -0.508 e. The van der Waals surface area contributed by atoms with Crippen LogP contribution in [0.15, 0.2) is 52.7 Å². The number of phenolic OH excluding ortho intramolecular Hbond substituents is 1. The molecule has 240 valence electrons. The number of thioether (sulfide) groups is 1. The Morgan fingerprint density at radius 1 is 1.21 bits per heavy atom. The first-order valence-corrected chi connectivity index (χ1v) is 15.0. The first kappa shape index (κ1) is 31.2. The molecular formula is C27H22N10O8S2. The van der Waals surface area contributed by atoms with Crippen LogP contribution in [0.1, 0.15) is 27.8 Å². The Morgan fingerprint density at radius 2 is 1.96 bits per heavy atom. The molecule has 0 aliphatic carbocycles. The number of fused-ring (bicyclic) bond motifs is 2. The average molecular weight is 679 g/mol. The highest BCUT2D eigenvalue weighted by molar-refractivity contribution is 8.00. The van der Waals surface area contributed by atoms with Gasteiger partial charge in [-0.1, -0.05) is 24.4 Å². The summed E-state index contributed by atoms with van der Waals surface area (Å²) in [7, 11) is 2.91. The number of carboxylic acid groups (broad SMARTS) is 1. The van der Waals surface area contributed by atoms with Crippen LogP contribution in [0.25, 0.3) is 11.2 Å². The van der Waals surface area contributed by atoms with Crippen LogP contribution < -0.4 is 20.8 Å². The lowest BCUT2D eigenvalue weighted by molar-refractivity contribution is -0.150. The van der Waals surface area contributed by atoms with Gasteiger partial charge in [0.2, 0.25) is 17.2 Å². The van der Waals surface area contributed by atoms with Crippen molar-refractivity contribution >= 4 is 63.7 Å². The number of aromatic amines is 1. The van der Waals surface area contributed by atoms with Gasteiger partial charge in [0.15, 0.2) is 17.0 Å². The van der Waals surface area contributed by atoms with Gasteiger partial charge in [-0.05, 0) is 28.1 Å². The number of hydrogen-bond donors (Lipinski definition) is 5. The molecule has 0 saturated carbocycles. The van der Waals surface area contributed by atoms with Gasteiger partial charge in [-0.25, -0.2) is 14.5 Å². The van der Waals surface area contributed by atoms with E-state index < -0.39 is 46.6 Å². The number of carboxylic acids is 1. The maximum absolute atomic E-state index is 13.7. The van der Waals surface area contributed by atoms with Gasteiger partial charge in [0, 0.05) is 24.6 Å². The van der Waals surface area contributed by atoms with Gasteiger partial charge in [0.05, 0.1) is 18.2 Å². The van der Waals surface area contributed by atoms with Crippen LogP contribution in [0.3, 0.4) is 0 Å². The molecule has 2 aliphatic heterocycles. The lowest BCUT2D eigenvalue weighted by Crippen LogP contribution is -2.71. The molecular weight excluding hydrogens is 656 g/mol. The molecule has 2 unspecified atom stereocenters. The van der Waals surface area contributed by atoms with Crippen molar-refractivity contribution in [2.24, 2.45) is 7.05 Å². The van der Waals surface area contributed by atoms with E-state index in [1.54, 1.807) is 0 Å². The van der Waals surface area contributed by atoms with Crippen molar-refractivity contribution in [3.63, 3.8) is 0 Å². The van der Waals surface area contributed by atoms with Crippen LogP contribution in [-0.4, -0.2) is 103 Å². The third kappa shape index (κ3) is 5.52. The number of amides is 3. The Labute approximate surface area is 272 Å². The summed E-state index contributed by atoms with van der Waals surface area (Å²) in [4.78, 5) is 77.8. The monoisotopic (exact) mass is 678 g/mol. The Hall–Kier alpha value is -5.76. The summed E-state index contributed by atoms with van der Waals surface area (Å²) in [6.45, 7) is 0. The highest BCUT2D eigenvalue weighted by Crippen LogP contribution is 2.41. The molecule has 3 atom stereocenters. The largest absolute Gasteiger partial charge is 0.508 e. The predicted molar refractivity (Wildman–Crippen MR) is 165 cm³/mol. The molecule has 4 aromatic rings. The molecule has 18 nitrogen and oxygen atoms in total. The first-order chi connectivity index (χ1) is 22.5. The number of β-lactam (4-membered cyclic amide) rings is 1. The molecule has 20 heteroatoms. The summed E-state index contributed by atoms with van der Waals surface area (Å²) < 4.78 is 6.28. The number of aryl methyl sites for hydroxylation is 1. The van der Waals surface area contributed by atoms with E-state index in [9.17, 15) is 34.2 Å². The molecule has 0 radical (unpaired) electrons. The average Bonchev–Trinajstić information content (AvgIpc) is 3.50. The zero-order chi connectivity index (χ0) is 33.6. The first-order valence-electron chi connectivity index (χ1n) is 13.5. The number of benzene rings is 1. The number of methoxy groups -OCH3 is 1. The number of phenols is 1. The lowest BCUT2D eigenvalue weighted by Gasteiger charge is -2.49. The van der Waals surface area contributed by atoms with E-state index in [1.807, 2.05) is 0 Å². The minimum atomic E-state index is -1.45. The summed E-state index contributed by atoms with van der Waals surface area (Å²) in [5, 5.41) is 35.2.